The van der Waals surface area contributed by atoms with Crippen LogP contribution < -0.4 is 0 Å². The fraction of sp³-hybridized carbons (Fsp3) is 0.467. The molecule has 0 saturated carbocycles. The summed E-state index contributed by atoms with van der Waals surface area (Å²) < 4.78 is 0. The maximum atomic E-state index is 10.5. The van der Waals surface area contributed by atoms with Crippen LogP contribution in [0.25, 0.3) is 0 Å². The van der Waals surface area contributed by atoms with Gasteiger partial charge in [-0.25, -0.2) is 0 Å². The summed E-state index contributed by atoms with van der Waals surface area (Å²) in [5, 5.41) is 18.4. The molecular weight excluding hydrogens is 354 g/mol. The van der Waals surface area contributed by atoms with Gasteiger partial charge in [0.15, 0.2) is 10.1 Å². The molecule has 2 N–H and O–H groups in total. The van der Waals surface area contributed by atoms with Gasteiger partial charge in [0.05, 0.1) is 0 Å². The first-order chi connectivity index (χ1) is 9.50. The van der Waals surface area contributed by atoms with E-state index >= 15 is 0 Å². The molecule has 2 rings (SSSR count). The summed E-state index contributed by atoms with van der Waals surface area (Å²) in [6, 6.07) is 0. The molecule has 116 valence electrons. The zero-order valence-corrected chi connectivity index (χ0v) is 14.5. The highest BCUT2D eigenvalue weighted by molar-refractivity contribution is 6.33. The van der Waals surface area contributed by atoms with Gasteiger partial charge in [0.2, 0.25) is 0 Å². The maximum absolute atomic E-state index is 10.5. The van der Waals surface area contributed by atoms with Gasteiger partial charge in [-0.1, -0.05) is 72.4 Å². The van der Waals surface area contributed by atoms with Crippen LogP contribution in [0.3, 0.4) is 0 Å². The average Bonchev–Trinajstić information content (AvgIpc) is 2.24. The van der Waals surface area contributed by atoms with Crippen molar-refractivity contribution in [2.24, 2.45) is 17.3 Å². The fourth-order valence-corrected chi connectivity index (χ4v) is 5.34. The highest BCUT2D eigenvalue weighted by atomic mass is 35.5. The second kappa shape index (κ2) is 5.59. The molecule has 2 nitrogen and oxygen atoms in total. The van der Waals surface area contributed by atoms with Gasteiger partial charge in [0.1, 0.15) is 0 Å². The molecule has 21 heavy (non-hydrogen) atoms. The van der Waals surface area contributed by atoms with Crippen molar-refractivity contribution in [1.29, 1.82) is 0 Å². The predicted octanol–water partition coefficient (Wildman–Crippen LogP) is 4.48. The molecule has 0 fully saturated rings. The van der Waals surface area contributed by atoms with Crippen LogP contribution in [0.4, 0.5) is 0 Å². The van der Waals surface area contributed by atoms with Crippen LogP contribution in [-0.2, 0) is 0 Å². The van der Waals surface area contributed by atoms with E-state index in [1.807, 2.05) is 13.8 Å². The molecule has 0 aromatic carbocycles. The predicted molar refractivity (Wildman–Crippen MR) is 88.5 cm³/mol. The van der Waals surface area contributed by atoms with Gasteiger partial charge in [-0.05, 0) is 29.7 Å². The molecule has 0 spiro atoms. The molecule has 0 aromatic heterocycles. The smallest absolute Gasteiger partial charge is 0.165 e. The SMILES string of the molecule is CC(C)(C1C(Cl)=CC=CC1(O)Cl)C1C(Cl)=CC=CC1(O)Cl. The van der Waals surface area contributed by atoms with Gasteiger partial charge in [-0.15, -0.1) is 0 Å². The second-order valence-electron chi connectivity index (χ2n) is 5.96. The Labute approximate surface area is 144 Å². The van der Waals surface area contributed by atoms with Crippen molar-refractivity contribution in [3.05, 3.63) is 46.5 Å². The van der Waals surface area contributed by atoms with E-state index in [2.05, 4.69) is 0 Å². The molecule has 0 radical (unpaired) electrons. The van der Waals surface area contributed by atoms with Gasteiger partial charge in [-0.2, -0.15) is 0 Å². The van der Waals surface area contributed by atoms with Crippen molar-refractivity contribution < 1.29 is 10.2 Å². The number of alkyl halides is 2. The third kappa shape index (κ3) is 3.08. The molecule has 0 amide bonds. The number of halogens is 4. The Balaban J connectivity index is 2.51. The topological polar surface area (TPSA) is 40.5 Å². The minimum absolute atomic E-state index is 0.381. The quantitative estimate of drug-likeness (QED) is 0.704. The van der Waals surface area contributed by atoms with Crippen LogP contribution in [-0.4, -0.2) is 20.3 Å². The van der Waals surface area contributed by atoms with Gasteiger partial charge >= 0.3 is 0 Å². The highest BCUT2D eigenvalue weighted by Crippen LogP contribution is 2.56. The van der Waals surface area contributed by atoms with E-state index in [0.717, 1.165) is 0 Å². The number of hydrogen-bond acceptors (Lipinski definition) is 2. The Kier molecular flexibility index (Phi) is 4.63. The maximum Gasteiger partial charge on any atom is 0.165 e. The van der Waals surface area contributed by atoms with E-state index in [1.54, 1.807) is 24.3 Å². The lowest BCUT2D eigenvalue weighted by atomic mass is 9.63. The van der Waals surface area contributed by atoms with E-state index in [1.165, 1.54) is 12.2 Å². The molecule has 2 aliphatic carbocycles. The molecule has 0 bridgehead atoms. The Morgan fingerprint density at radius 1 is 0.905 bits per heavy atom. The van der Waals surface area contributed by atoms with Crippen molar-refractivity contribution in [2.45, 2.75) is 24.0 Å². The molecule has 0 aliphatic heterocycles. The van der Waals surface area contributed by atoms with Gasteiger partial charge in [0, 0.05) is 21.9 Å². The molecule has 6 heteroatoms. The third-order valence-electron chi connectivity index (χ3n) is 4.02. The summed E-state index contributed by atoms with van der Waals surface area (Å²) in [5.41, 5.74) is -0.816. The third-order valence-corrected chi connectivity index (χ3v) is 5.40. The Morgan fingerprint density at radius 2 is 1.24 bits per heavy atom. The van der Waals surface area contributed by atoms with E-state index in [9.17, 15) is 10.2 Å². The van der Waals surface area contributed by atoms with Crippen molar-refractivity contribution in [1.82, 2.24) is 0 Å². The summed E-state index contributed by atoms with van der Waals surface area (Å²) in [7, 11) is 0. The first-order valence-corrected chi connectivity index (χ1v) is 7.94. The fourth-order valence-electron chi connectivity index (χ4n) is 3.24. The lowest BCUT2D eigenvalue weighted by Crippen LogP contribution is -2.51. The number of hydrogen-bond donors (Lipinski definition) is 2. The summed E-state index contributed by atoms with van der Waals surface area (Å²) in [6.45, 7) is 3.63. The van der Waals surface area contributed by atoms with Crippen molar-refractivity contribution in [3.63, 3.8) is 0 Å². The summed E-state index contributed by atoms with van der Waals surface area (Å²) in [4.78, 5) is 0. The van der Waals surface area contributed by atoms with Crippen molar-refractivity contribution in [3.8, 4) is 0 Å². The zero-order chi connectivity index (χ0) is 16.1. The Hall–Kier alpha value is 0.0400. The Bertz CT molecular complexity index is 508. The summed E-state index contributed by atoms with van der Waals surface area (Å²) in [6.07, 6.45) is 9.41. The largest absolute Gasteiger partial charge is 0.371 e. The lowest BCUT2D eigenvalue weighted by Gasteiger charge is -2.49. The number of rotatable bonds is 2. The van der Waals surface area contributed by atoms with Gasteiger partial charge < -0.3 is 10.2 Å². The summed E-state index contributed by atoms with van der Waals surface area (Å²) >= 11 is 25.0. The number of aliphatic hydroxyl groups is 2. The van der Waals surface area contributed by atoms with Crippen LogP contribution in [0.1, 0.15) is 13.8 Å². The molecule has 2 aliphatic rings. The molecular formula is C15H16Cl4O2. The summed E-state index contributed by atoms with van der Waals surface area (Å²) in [5.74, 6) is -1.36. The average molecular weight is 370 g/mol. The van der Waals surface area contributed by atoms with Gasteiger partial charge in [0.25, 0.3) is 0 Å². The Morgan fingerprint density at radius 3 is 1.52 bits per heavy atom. The lowest BCUT2D eigenvalue weighted by molar-refractivity contribution is -0.0134. The van der Waals surface area contributed by atoms with Crippen LogP contribution in [0.5, 0.6) is 0 Å². The van der Waals surface area contributed by atoms with E-state index in [-0.39, 0.29) is 0 Å². The molecule has 4 unspecified atom stereocenters. The van der Waals surface area contributed by atoms with E-state index in [0.29, 0.717) is 10.1 Å². The minimum Gasteiger partial charge on any atom is -0.371 e. The van der Waals surface area contributed by atoms with E-state index in [4.69, 9.17) is 46.4 Å². The first kappa shape index (κ1) is 17.4. The van der Waals surface area contributed by atoms with Crippen molar-refractivity contribution >= 4 is 46.4 Å². The molecule has 0 heterocycles. The zero-order valence-electron chi connectivity index (χ0n) is 11.5. The normalized spacial score (nSPS) is 40.0. The standard InChI is InChI=1S/C15H16Cl4O2/c1-13(2,11-9(16)5-3-7-14(11,18)20)12-10(17)6-4-8-15(12,19)21/h3-8,11-12,20-21H,1-2H3. The van der Waals surface area contributed by atoms with Crippen LogP contribution >= 0.6 is 46.4 Å². The van der Waals surface area contributed by atoms with E-state index < -0.39 is 27.4 Å². The van der Waals surface area contributed by atoms with Crippen LogP contribution in [0.2, 0.25) is 0 Å². The van der Waals surface area contributed by atoms with Crippen LogP contribution in [0.15, 0.2) is 46.5 Å². The monoisotopic (exact) mass is 368 g/mol. The highest BCUT2D eigenvalue weighted by Gasteiger charge is 2.55. The number of allylic oxidation sites excluding steroid dienone is 4. The second-order valence-corrected chi connectivity index (χ2v) is 8.05. The first-order valence-electron chi connectivity index (χ1n) is 6.42. The van der Waals surface area contributed by atoms with Gasteiger partial charge in [-0.3, -0.25) is 0 Å². The van der Waals surface area contributed by atoms with Crippen molar-refractivity contribution in [2.75, 3.05) is 0 Å². The minimum atomic E-state index is -1.68. The van der Waals surface area contributed by atoms with Crippen LogP contribution in [0, 0.1) is 17.3 Å². The molecule has 0 saturated heterocycles. The molecule has 4 atom stereocenters. The molecule has 0 aromatic rings.